The number of rotatable bonds is 3. The second-order valence-electron chi connectivity index (χ2n) is 3.28. The SMILES string of the molecule is CCOc1ccc(Br)c(C(F)(F)F)c1C(C)=O. The minimum absolute atomic E-state index is 0.0458. The molecule has 0 unspecified atom stereocenters. The van der Waals surface area contributed by atoms with E-state index in [1.54, 1.807) is 6.92 Å². The Morgan fingerprint density at radius 1 is 1.41 bits per heavy atom. The molecule has 0 bridgehead atoms. The lowest BCUT2D eigenvalue weighted by molar-refractivity contribution is -0.138. The summed E-state index contributed by atoms with van der Waals surface area (Å²) in [7, 11) is 0. The van der Waals surface area contributed by atoms with Crippen LogP contribution < -0.4 is 4.74 Å². The van der Waals surface area contributed by atoms with Gasteiger partial charge < -0.3 is 4.74 Å². The zero-order chi connectivity index (χ0) is 13.2. The van der Waals surface area contributed by atoms with Gasteiger partial charge in [-0.1, -0.05) is 15.9 Å². The third-order valence-corrected chi connectivity index (χ3v) is 2.71. The van der Waals surface area contributed by atoms with Gasteiger partial charge in [-0.15, -0.1) is 0 Å². The van der Waals surface area contributed by atoms with E-state index >= 15 is 0 Å². The first-order valence-corrected chi connectivity index (χ1v) is 5.61. The normalized spacial score (nSPS) is 11.4. The van der Waals surface area contributed by atoms with Crippen molar-refractivity contribution < 1.29 is 22.7 Å². The van der Waals surface area contributed by atoms with Gasteiger partial charge in [-0.2, -0.15) is 13.2 Å². The lowest BCUT2D eigenvalue weighted by atomic mass is 10.0. The minimum atomic E-state index is -4.60. The van der Waals surface area contributed by atoms with Crippen LogP contribution in [0.15, 0.2) is 16.6 Å². The maximum atomic E-state index is 12.9. The topological polar surface area (TPSA) is 26.3 Å². The van der Waals surface area contributed by atoms with Gasteiger partial charge >= 0.3 is 6.18 Å². The van der Waals surface area contributed by atoms with Gasteiger partial charge in [-0.25, -0.2) is 0 Å². The Morgan fingerprint density at radius 3 is 2.41 bits per heavy atom. The van der Waals surface area contributed by atoms with Crippen LogP contribution in [0, 0.1) is 0 Å². The Bertz CT molecular complexity index is 441. The summed E-state index contributed by atoms with van der Waals surface area (Å²) in [6.07, 6.45) is -4.60. The van der Waals surface area contributed by atoms with Crippen LogP contribution in [0.3, 0.4) is 0 Å². The first-order chi connectivity index (χ1) is 7.79. The largest absolute Gasteiger partial charge is 0.493 e. The number of hydrogen-bond acceptors (Lipinski definition) is 2. The fraction of sp³-hybridized carbons (Fsp3) is 0.364. The monoisotopic (exact) mass is 310 g/mol. The number of hydrogen-bond donors (Lipinski definition) is 0. The number of carbonyl (C=O) groups is 1. The van der Waals surface area contributed by atoms with Gasteiger partial charge in [0.25, 0.3) is 0 Å². The maximum absolute atomic E-state index is 12.9. The molecule has 0 aliphatic rings. The van der Waals surface area contributed by atoms with E-state index < -0.39 is 23.1 Å². The van der Waals surface area contributed by atoms with Crippen LogP contribution in [0.4, 0.5) is 13.2 Å². The van der Waals surface area contributed by atoms with E-state index in [-0.39, 0.29) is 16.8 Å². The molecule has 1 aromatic rings. The van der Waals surface area contributed by atoms with Crippen molar-refractivity contribution in [2.24, 2.45) is 0 Å². The average Bonchev–Trinajstić information content (AvgIpc) is 2.18. The molecule has 0 atom stereocenters. The van der Waals surface area contributed by atoms with Crippen LogP contribution >= 0.6 is 15.9 Å². The minimum Gasteiger partial charge on any atom is -0.493 e. The molecule has 2 nitrogen and oxygen atoms in total. The molecule has 0 radical (unpaired) electrons. The van der Waals surface area contributed by atoms with Crippen LogP contribution in [0.25, 0.3) is 0 Å². The predicted molar refractivity (Wildman–Crippen MR) is 60.3 cm³/mol. The molecule has 17 heavy (non-hydrogen) atoms. The van der Waals surface area contributed by atoms with Gasteiger partial charge in [0.2, 0.25) is 0 Å². The quantitative estimate of drug-likeness (QED) is 0.787. The highest BCUT2D eigenvalue weighted by atomic mass is 79.9. The van der Waals surface area contributed by atoms with Gasteiger partial charge in [0.05, 0.1) is 17.7 Å². The highest BCUT2D eigenvalue weighted by molar-refractivity contribution is 9.10. The zero-order valence-corrected chi connectivity index (χ0v) is 10.8. The molecule has 0 aliphatic carbocycles. The first kappa shape index (κ1) is 14.0. The number of ether oxygens (including phenoxy) is 1. The molecule has 0 amide bonds. The molecule has 0 saturated carbocycles. The van der Waals surface area contributed by atoms with E-state index in [9.17, 15) is 18.0 Å². The Hall–Kier alpha value is -1.04. The molecule has 0 heterocycles. The lowest BCUT2D eigenvalue weighted by Crippen LogP contribution is -2.14. The van der Waals surface area contributed by atoms with E-state index in [4.69, 9.17) is 4.74 Å². The van der Waals surface area contributed by atoms with Crippen LogP contribution in [-0.2, 0) is 6.18 Å². The molecule has 6 heteroatoms. The van der Waals surface area contributed by atoms with E-state index in [0.717, 1.165) is 6.92 Å². The van der Waals surface area contributed by atoms with Gasteiger partial charge in [-0.3, -0.25) is 4.79 Å². The highest BCUT2D eigenvalue weighted by Crippen LogP contribution is 2.41. The lowest BCUT2D eigenvalue weighted by Gasteiger charge is -2.16. The van der Waals surface area contributed by atoms with Crippen molar-refractivity contribution >= 4 is 21.7 Å². The summed E-state index contributed by atoms with van der Waals surface area (Å²) in [5.41, 5.74) is -1.43. The smallest absolute Gasteiger partial charge is 0.418 e. The third kappa shape index (κ3) is 3.00. The summed E-state index contributed by atoms with van der Waals surface area (Å²) in [6, 6.07) is 2.57. The van der Waals surface area contributed by atoms with Crippen LogP contribution in [-0.4, -0.2) is 12.4 Å². The molecule has 0 aromatic heterocycles. The Labute approximate surface area is 105 Å². The second-order valence-corrected chi connectivity index (χ2v) is 4.14. The first-order valence-electron chi connectivity index (χ1n) is 4.82. The number of Topliss-reactive ketones (excluding diaryl/α,β-unsaturated/α-hetero) is 1. The number of benzene rings is 1. The molecule has 1 aromatic carbocycles. The Morgan fingerprint density at radius 2 is 2.00 bits per heavy atom. The van der Waals surface area contributed by atoms with E-state index in [1.807, 2.05) is 0 Å². The van der Waals surface area contributed by atoms with Crippen molar-refractivity contribution in [3.8, 4) is 5.75 Å². The molecule has 0 fully saturated rings. The third-order valence-electron chi connectivity index (χ3n) is 2.05. The summed E-state index contributed by atoms with van der Waals surface area (Å²) in [5, 5.41) is 0. The molecule has 1 rings (SSSR count). The van der Waals surface area contributed by atoms with Gasteiger partial charge in [-0.05, 0) is 26.0 Å². The summed E-state index contributed by atoms with van der Waals surface area (Å²) in [5.74, 6) is -0.724. The van der Waals surface area contributed by atoms with Crippen molar-refractivity contribution in [3.63, 3.8) is 0 Å². The number of ketones is 1. The molecule has 94 valence electrons. The van der Waals surface area contributed by atoms with Gasteiger partial charge in [0, 0.05) is 4.47 Å². The number of alkyl halides is 3. The fourth-order valence-corrected chi connectivity index (χ4v) is 2.02. The standard InChI is InChI=1S/C11H10BrF3O2/c1-3-17-8-5-4-7(12)10(11(13,14)15)9(8)6(2)16/h4-5H,3H2,1-2H3. The van der Waals surface area contributed by atoms with E-state index in [1.165, 1.54) is 12.1 Å². The highest BCUT2D eigenvalue weighted by Gasteiger charge is 2.38. The maximum Gasteiger partial charge on any atom is 0.418 e. The fourth-order valence-electron chi connectivity index (χ4n) is 1.46. The summed E-state index contributed by atoms with van der Waals surface area (Å²) < 4.78 is 43.4. The van der Waals surface area contributed by atoms with Crippen molar-refractivity contribution in [2.45, 2.75) is 20.0 Å². The van der Waals surface area contributed by atoms with Crippen LogP contribution in [0.5, 0.6) is 5.75 Å². The average molecular weight is 311 g/mol. The van der Waals surface area contributed by atoms with Crippen molar-refractivity contribution in [3.05, 3.63) is 27.7 Å². The molecular weight excluding hydrogens is 301 g/mol. The summed E-state index contributed by atoms with van der Waals surface area (Å²) in [4.78, 5) is 11.4. The van der Waals surface area contributed by atoms with Crippen molar-refractivity contribution in [2.75, 3.05) is 6.61 Å². The summed E-state index contributed by atoms with van der Waals surface area (Å²) in [6.45, 7) is 2.91. The predicted octanol–water partition coefficient (Wildman–Crippen LogP) is 4.07. The van der Waals surface area contributed by atoms with Gasteiger partial charge in [0.15, 0.2) is 5.78 Å². The second kappa shape index (κ2) is 5.08. The molecule has 0 aliphatic heterocycles. The van der Waals surface area contributed by atoms with Crippen LogP contribution in [0.2, 0.25) is 0 Å². The zero-order valence-electron chi connectivity index (χ0n) is 9.19. The number of halogens is 4. The van der Waals surface area contributed by atoms with Gasteiger partial charge in [0.1, 0.15) is 5.75 Å². The number of carbonyl (C=O) groups excluding carboxylic acids is 1. The summed E-state index contributed by atoms with van der Waals surface area (Å²) >= 11 is 2.81. The Kier molecular flexibility index (Phi) is 4.19. The molecule has 0 N–H and O–H groups in total. The van der Waals surface area contributed by atoms with Crippen molar-refractivity contribution in [1.29, 1.82) is 0 Å². The van der Waals surface area contributed by atoms with Crippen LogP contribution in [0.1, 0.15) is 29.8 Å². The van der Waals surface area contributed by atoms with Crippen molar-refractivity contribution in [1.82, 2.24) is 0 Å². The molecule has 0 spiro atoms. The van der Waals surface area contributed by atoms with E-state index in [0.29, 0.717) is 0 Å². The molecular formula is C11H10BrF3O2. The Balaban J connectivity index is 3.55. The van der Waals surface area contributed by atoms with E-state index in [2.05, 4.69) is 15.9 Å². The molecule has 0 saturated heterocycles.